The number of aliphatic carboxylic acids is 1. The molecule has 0 aromatic rings. The van der Waals surface area contributed by atoms with Crippen molar-refractivity contribution in [3.8, 4) is 0 Å². The first-order valence-corrected chi connectivity index (χ1v) is 24.7. The smallest absolute Gasteiger partial charge is 0.306 e. The Hall–Kier alpha value is -2.64. The SMILES string of the molecule is CCCCCCCC/C=C\CCCCCCCC(=O)OCC(COC(=O)CCCCCCC/C=C\CCCCCCCC)OC(=O)CC(C)CCCCC(C)CC(=O)O. The van der Waals surface area contributed by atoms with Crippen LogP contribution in [0.25, 0.3) is 0 Å². The van der Waals surface area contributed by atoms with Crippen molar-refractivity contribution in [1.29, 1.82) is 0 Å². The van der Waals surface area contributed by atoms with Crippen LogP contribution in [-0.4, -0.2) is 48.3 Å². The van der Waals surface area contributed by atoms with Gasteiger partial charge >= 0.3 is 23.9 Å². The molecule has 0 rings (SSSR count). The molecule has 0 bridgehead atoms. The number of unbranched alkanes of at least 4 members (excludes halogenated alkanes) is 23. The molecule has 0 aliphatic heterocycles. The summed E-state index contributed by atoms with van der Waals surface area (Å²) in [7, 11) is 0. The summed E-state index contributed by atoms with van der Waals surface area (Å²) in [6.07, 6.45) is 43.9. The summed E-state index contributed by atoms with van der Waals surface area (Å²) >= 11 is 0. The first-order valence-electron chi connectivity index (χ1n) is 24.7. The number of hydrogen-bond acceptors (Lipinski definition) is 7. The summed E-state index contributed by atoms with van der Waals surface area (Å²) in [6.45, 7) is 8.19. The maximum atomic E-state index is 12.9. The fourth-order valence-electron chi connectivity index (χ4n) is 7.32. The number of carbonyl (C=O) groups excluding carboxylic acids is 3. The standard InChI is InChI=1S/C51H92O8/c1-5-7-9-11-13-15-17-19-21-23-25-27-29-31-33-39-49(54)57-43-47(59-51(56)42-46(4)38-36-35-37-45(3)41-48(52)53)44-58-50(55)40-34-32-30-28-26-24-22-20-18-16-14-12-10-8-6-2/h19-22,45-47H,5-18,23-44H2,1-4H3,(H,52,53)/b21-19-,22-20-. The van der Waals surface area contributed by atoms with Gasteiger partial charge in [0.25, 0.3) is 0 Å². The molecule has 0 aromatic carbocycles. The van der Waals surface area contributed by atoms with Gasteiger partial charge in [0, 0.05) is 25.7 Å². The molecule has 0 saturated heterocycles. The third-order valence-electron chi connectivity index (χ3n) is 11.1. The Bertz CT molecular complexity index is 996. The van der Waals surface area contributed by atoms with Gasteiger partial charge in [0.2, 0.25) is 0 Å². The molecule has 2 unspecified atom stereocenters. The highest BCUT2D eigenvalue weighted by molar-refractivity contribution is 5.71. The van der Waals surface area contributed by atoms with Gasteiger partial charge in [-0.25, -0.2) is 0 Å². The van der Waals surface area contributed by atoms with Gasteiger partial charge in [-0.1, -0.05) is 180 Å². The summed E-state index contributed by atoms with van der Waals surface area (Å²) in [5.74, 6) is -1.60. The summed E-state index contributed by atoms with van der Waals surface area (Å²) in [6, 6.07) is 0. The second-order valence-electron chi connectivity index (χ2n) is 17.4. The first kappa shape index (κ1) is 56.4. The minimum atomic E-state index is -0.845. The monoisotopic (exact) mass is 833 g/mol. The van der Waals surface area contributed by atoms with Gasteiger partial charge in [0.05, 0.1) is 0 Å². The van der Waals surface area contributed by atoms with Gasteiger partial charge in [0.15, 0.2) is 6.10 Å². The van der Waals surface area contributed by atoms with Crippen molar-refractivity contribution < 1.29 is 38.5 Å². The van der Waals surface area contributed by atoms with Crippen LogP contribution < -0.4 is 0 Å². The molecule has 2 atom stereocenters. The molecule has 0 spiro atoms. The zero-order valence-corrected chi connectivity index (χ0v) is 38.8. The highest BCUT2D eigenvalue weighted by atomic mass is 16.6. The summed E-state index contributed by atoms with van der Waals surface area (Å²) in [4.78, 5) is 49.0. The number of carboxylic acid groups (broad SMARTS) is 1. The lowest BCUT2D eigenvalue weighted by atomic mass is 9.96. The van der Waals surface area contributed by atoms with Crippen molar-refractivity contribution in [2.24, 2.45) is 11.8 Å². The largest absolute Gasteiger partial charge is 0.481 e. The van der Waals surface area contributed by atoms with Crippen LogP contribution >= 0.6 is 0 Å². The van der Waals surface area contributed by atoms with E-state index in [2.05, 4.69) is 38.2 Å². The van der Waals surface area contributed by atoms with Gasteiger partial charge in [0.1, 0.15) is 13.2 Å². The number of carbonyl (C=O) groups is 4. The Labute approximate surface area is 362 Å². The predicted molar refractivity (Wildman–Crippen MR) is 244 cm³/mol. The molecule has 0 aromatic heterocycles. The molecule has 0 aliphatic carbocycles. The van der Waals surface area contributed by atoms with Gasteiger partial charge < -0.3 is 19.3 Å². The Morgan fingerprint density at radius 3 is 1.15 bits per heavy atom. The molecule has 1 N–H and O–H groups in total. The lowest BCUT2D eigenvalue weighted by molar-refractivity contribution is -0.167. The van der Waals surface area contributed by atoms with E-state index in [4.69, 9.17) is 19.3 Å². The topological polar surface area (TPSA) is 116 Å². The maximum Gasteiger partial charge on any atom is 0.306 e. The molecule has 0 saturated carbocycles. The number of allylic oxidation sites excluding steroid dienone is 4. The van der Waals surface area contributed by atoms with Crippen LogP contribution in [0, 0.1) is 11.8 Å². The molecule has 0 fully saturated rings. The number of rotatable bonds is 44. The fraction of sp³-hybridized carbons (Fsp3) is 0.843. The molecule has 8 nitrogen and oxygen atoms in total. The van der Waals surface area contributed by atoms with Crippen LogP contribution in [0.4, 0.5) is 0 Å². The summed E-state index contributed by atoms with van der Waals surface area (Å²) < 4.78 is 16.7. The second kappa shape index (κ2) is 43.4. The van der Waals surface area contributed by atoms with Crippen LogP contribution in [0.1, 0.15) is 246 Å². The van der Waals surface area contributed by atoms with E-state index >= 15 is 0 Å². The number of carboxylic acids is 1. The van der Waals surface area contributed by atoms with Crippen molar-refractivity contribution >= 4 is 23.9 Å². The van der Waals surface area contributed by atoms with E-state index in [9.17, 15) is 19.2 Å². The third kappa shape index (κ3) is 43.3. The van der Waals surface area contributed by atoms with E-state index in [1.807, 2.05) is 13.8 Å². The number of hydrogen-bond donors (Lipinski definition) is 1. The normalized spacial score (nSPS) is 12.7. The molecule has 344 valence electrons. The van der Waals surface area contributed by atoms with Crippen LogP contribution in [-0.2, 0) is 33.4 Å². The Morgan fingerprint density at radius 2 is 0.780 bits per heavy atom. The van der Waals surface area contributed by atoms with Crippen molar-refractivity contribution in [2.45, 2.75) is 252 Å². The number of ether oxygens (including phenoxy) is 3. The van der Waals surface area contributed by atoms with Crippen LogP contribution in [0.15, 0.2) is 24.3 Å². The van der Waals surface area contributed by atoms with Crippen LogP contribution in [0.2, 0.25) is 0 Å². The lowest BCUT2D eigenvalue weighted by Crippen LogP contribution is -2.31. The Morgan fingerprint density at radius 1 is 0.441 bits per heavy atom. The van der Waals surface area contributed by atoms with E-state index in [1.165, 1.54) is 103 Å². The zero-order chi connectivity index (χ0) is 43.4. The Kier molecular flexibility index (Phi) is 41.5. The van der Waals surface area contributed by atoms with E-state index in [-0.39, 0.29) is 49.8 Å². The van der Waals surface area contributed by atoms with Crippen LogP contribution in [0.5, 0.6) is 0 Å². The lowest BCUT2D eigenvalue weighted by Gasteiger charge is -2.19. The van der Waals surface area contributed by atoms with Gasteiger partial charge in [-0.15, -0.1) is 0 Å². The molecule has 0 amide bonds. The highest BCUT2D eigenvalue weighted by Gasteiger charge is 2.21. The molecule has 8 heteroatoms. The van der Waals surface area contributed by atoms with E-state index in [0.29, 0.717) is 12.8 Å². The highest BCUT2D eigenvalue weighted by Crippen LogP contribution is 2.19. The van der Waals surface area contributed by atoms with Crippen LogP contribution in [0.3, 0.4) is 0 Å². The van der Waals surface area contributed by atoms with Gasteiger partial charge in [-0.3, -0.25) is 19.2 Å². The maximum absolute atomic E-state index is 12.9. The predicted octanol–water partition coefficient (Wildman–Crippen LogP) is 14.8. The second-order valence-corrected chi connectivity index (χ2v) is 17.4. The fourth-order valence-corrected chi connectivity index (χ4v) is 7.32. The average Bonchev–Trinajstić information content (AvgIpc) is 3.20. The molecule has 59 heavy (non-hydrogen) atoms. The van der Waals surface area contributed by atoms with Crippen molar-refractivity contribution in [1.82, 2.24) is 0 Å². The minimum absolute atomic E-state index is 0.0882. The molecule has 0 radical (unpaired) electrons. The summed E-state index contributed by atoms with van der Waals surface area (Å²) in [5.41, 5.74) is 0. The van der Waals surface area contributed by atoms with Gasteiger partial charge in [-0.2, -0.15) is 0 Å². The minimum Gasteiger partial charge on any atom is -0.481 e. The van der Waals surface area contributed by atoms with Crippen molar-refractivity contribution in [2.75, 3.05) is 13.2 Å². The average molecular weight is 833 g/mol. The van der Waals surface area contributed by atoms with Crippen molar-refractivity contribution in [3.63, 3.8) is 0 Å². The number of esters is 3. The molecular formula is C51H92O8. The first-order chi connectivity index (χ1) is 28.7. The van der Waals surface area contributed by atoms with Gasteiger partial charge in [-0.05, 0) is 76.0 Å². The zero-order valence-electron chi connectivity index (χ0n) is 38.8. The summed E-state index contributed by atoms with van der Waals surface area (Å²) in [5, 5.41) is 8.97. The van der Waals surface area contributed by atoms with E-state index < -0.39 is 18.0 Å². The Balaban J connectivity index is 4.48. The molecule has 0 aliphatic rings. The van der Waals surface area contributed by atoms with Crippen molar-refractivity contribution in [3.05, 3.63) is 24.3 Å². The van der Waals surface area contributed by atoms with E-state index in [1.54, 1.807) is 0 Å². The third-order valence-corrected chi connectivity index (χ3v) is 11.1. The molecular weight excluding hydrogens is 741 g/mol. The quantitative estimate of drug-likeness (QED) is 0.0279. The molecule has 0 heterocycles. The van der Waals surface area contributed by atoms with E-state index in [0.717, 1.165) is 89.9 Å².